The Morgan fingerprint density at radius 3 is 2.81 bits per heavy atom. The van der Waals surface area contributed by atoms with Gasteiger partial charge in [0.25, 0.3) is 0 Å². The Labute approximate surface area is 126 Å². The van der Waals surface area contributed by atoms with E-state index in [9.17, 15) is 5.11 Å². The van der Waals surface area contributed by atoms with Gasteiger partial charge in [-0.15, -0.1) is 0 Å². The first kappa shape index (κ1) is 13.7. The third-order valence-corrected chi connectivity index (χ3v) is 3.83. The van der Waals surface area contributed by atoms with Crippen LogP contribution in [-0.2, 0) is 0 Å². The summed E-state index contributed by atoms with van der Waals surface area (Å²) in [4.78, 5) is 0. The van der Waals surface area contributed by atoms with Crippen LogP contribution in [0, 0.1) is 6.92 Å². The number of aromatic nitrogens is 4. The van der Waals surface area contributed by atoms with E-state index in [-0.39, 0.29) is 0 Å². The molecule has 0 saturated heterocycles. The highest BCUT2D eigenvalue weighted by Gasteiger charge is 2.12. The number of thiophene rings is 1. The molecule has 21 heavy (non-hydrogen) atoms. The summed E-state index contributed by atoms with van der Waals surface area (Å²) in [6, 6.07) is 9.81. The van der Waals surface area contributed by atoms with E-state index in [1.807, 2.05) is 48.0 Å². The molecule has 3 aromatic rings. The molecular weight excluding hydrogens is 286 g/mol. The molecule has 0 saturated carbocycles. The maximum atomic E-state index is 10.1. The molecular formula is C14H15N5OS. The number of aryl methyl sites for hydroxylation is 1. The summed E-state index contributed by atoms with van der Waals surface area (Å²) in [6.45, 7) is 2.38. The summed E-state index contributed by atoms with van der Waals surface area (Å²) in [6.07, 6.45) is -0.584. The van der Waals surface area contributed by atoms with Crippen LogP contribution in [0.25, 0.3) is 5.69 Å². The Kier molecular flexibility index (Phi) is 3.94. The van der Waals surface area contributed by atoms with E-state index >= 15 is 0 Å². The average Bonchev–Trinajstić information content (AvgIpc) is 3.17. The Morgan fingerprint density at radius 2 is 2.10 bits per heavy atom. The number of anilines is 1. The molecule has 0 aliphatic carbocycles. The first-order chi connectivity index (χ1) is 10.2. The molecule has 2 N–H and O–H groups in total. The molecule has 2 aromatic heterocycles. The molecule has 0 aliphatic heterocycles. The van der Waals surface area contributed by atoms with Crippen LogP contribution in [0.4, 0.5) is 5.95 Å². The minimum Gasteiger partial charge on any atom is -0.387 e. The van der Waals surface area contributed by atoms with Gasteiger partial charge in [0, 0.05) is 6.54 Å². The maximum absolute atomic E-state index is 10.1. The Balaban J connectivity index is 1.72. The fraction of sp³-hybridized carbons (Fsp3) is 0.214. The van der Waals surface area contributed by atoms with E-state index in [0.29, 0.717) is 12.5 Å². The lowest BCUT2D eigenvalue weighted by Crippen LogP contribution is -2.15. The van der Waals surface area contributed by atoms with Crippen LogP contribution >= 0.6 is 11.3 Å². The summed E-state index contributed by atoms with van der Waals surface area (Å²) in [5.41, 5.74) is 2.94. The number of benzene rings is 1. The molecule has 7 heteroatoms. The van der Waals surface area contributed by atoms with Gasteiger partial charge in [0.15, 0.2) is 0 Å². The maximum Gasteiger partial charge on any atom is 0.247 e. The first-order valence-electron chi connectivity index (χ1n) is 6.53. The highest BCUT2D eigenvalue weighted by molar-refractivity contribution is 7.07. The molecule has 108 valence electrons. The van der Waals surface area contributed by atoms with Gasteiger partial charge in [0.05, 0.1) is 11.8 Å². The van der Waals surface area contributed by atoms with Crippen molar-refractivity contribution in [1.82, 2.24) is 20.2 Å². The standard InChI is InChI=1S/C14H15N5OS/c1-10-2-4-12(5-3-10)19-14(16-17-18-19)15-8-13(20)11-6-7-21-9-11/h2-7,9,13,20H,8H2,1H3,(H,15,16,18). The number of nitrogens with one attached hydrogen (secondary N) is 1. The number of rotatable bonds is 5. The molecule has 0 aliphatic rings. The number of nitrogens with zero attached hydrogens (tertiary/aromatic N) is 4. The SMILES string of the molecule is Cc1ccc(-n2nnnc2NCC(O)c2ccsc2)cc1. The first-order valence-corrected chi connectivity index (χ1v) is 7.48. The molecule has 0 bridgehead atoms. The van der Waals surface area contributed by atoms with Crippen LogP contribution in [0.5, 0.6) is 0 Å². The topological polar surface area (TPSA) is 75.9 Å². The molecule has 1 unspecified atom stereocenters. The van der Waals surface area contributed by atoms with Crippen molar-refractivity contribution >= 4 is 17.3 Å². The molecule has 2 heterocycles. The Hall–Kier alpha value is -2.25. The second-order valence-corrected chi connectivity index (χ2v) is 5.48. The molecule has 1 aromatic carbocycles. The van der Waals surface area contributed by atoms with Crippen LogP contribution in [0.2, 0.25) is 0 Å². The Morgan fingerprint density at radius 1 is 1.29 bits per heavy atom. The quantitative estimate of drug-likeness (QED) is 0.755. The number of hydrogen-bond acceptors (Lipinski definition) is 6. The van der Waals surface area contributed by atoms with E-state index in [0.717, 1.165) is 11.3 Å². The smallest absolute Gasteiger partial charge is 0.247 e. The molecule has 0 fully saturated rings. The van der Waals surface area contributed by atoms with Gasteiger partial charge in [-0.25, -0.2) is 0 Å². The fourth-order valence-corrected chi connectivity index (χ4v) is 2.63. The van der Waals surface area contributed by atoms with Crippen molar-refractivity contribution in [2.24, 2.45) is 0 Å². The van der Waals surface area contributed by atoms with E-state index < -0.39 is 6.10 Å². The number of aliphatic hydroxyl groups is 1. The fourth-order valence-electron chi connectivity index (χ4n) is 1.93. The monoisotopic (exact) mass is 301 g/mol. The minimum atomic E-state index is -0.584. The van der Waals surface area contributed by atoms with Crippen molar-refractivity contribution in [1.29, 1.82) is 0 Å². The van der Waals surface area contributed by atoms with Crippen molar-refractivity contribution in [3.63, 3.8) is 0 Å². The van der Waals surface area contributed by atoms with Gasteiger partial charge in [-0.05, 0) is 51.9 Å². The number of aliphatic hydroxyl groups excluding tert-OH is 1. The number of hydrogen-bond donors (Lipinski definition) is 2. The van der Waals surface area contributed by atoms with Crippen molar-refractivity contribution < 1.29 is 5.11 Å². The van der Waals surface area contributed by atoms with Gasteiger partial charge in [0.2, 0.25) is 5.95 Å². The van der Waals surface area contributed by atoms with Gasteiger partial charge < -0.3 is 10.4 Å². The molecule has 0 amide bonds. The Bertz CT molecular complexity index is 692. The van der Waals surface area contributed by atoms with Gasteiger partial charge in [-0.3, -0.25) is 0 Å². The van der Waals surface area contributed by atoms with E-state index in [4.69, 9.17) is 0 Å². The van der Waals surface area contributed by atoms with Gasteiger partial charge in [-0.2, -0.15) is 16.0 Å². The zero-order valence-corrected chi connectivity index (χ0v) is 12.3. The third kappa shape index (κ3) is 3.09. The van der Waals surface area contributed by atoms with Crippen LogP contribution < -0.4 is 5.32 Å². The van der Waals surface area contributed by atoms with Crippen LogP contribution in [0.1, 0.15) is 17.2 Å². The van der Waals surface area contributed by atoms with Crippen molar-refractivity contribution in [2.75, 3.05) is 11.9 Å². The van der Waals surface area contributed by atoms with Crippen molar-refractivity contribution in [3.05, 3.63) is 52.2 Å². The van der Waals surface area contributed by atoms with Crippen molar-refractivity contribution in [2.45, 2.75) is 13.0 Å². The second kappa shape index (κ2) is 6.02. The van der Waals surface area contributed by atoms with Crippen LogP contribution in [0.3, 0.4) is 0 Å². The highest BCUT2D eigenvalue weighted by atomic mass is 32.1. The summed E-state index contributed by atoms with van der Waals surface area (Å²) < 4.78 is 1.61. The average molecular weight is 301 g/mol. The van der Waals surface area contributed by atoms with Crippen molar-refractivity contribution in [3.8, 4) is 5.69 Å². The van der Waals surface area contributed by atoms with Gasteiger partial charge in [0.1, 0.15) is 0 Å². The summed E-state index contributed by atoms with van der Waals surface area (Å²) in [5, 5.41) is 28.6. The summed E-state index contributed by atoms with van der Waals surface area (Å²) in [5.74, 6) is 0.508. The predicted molar refractivity (Wildman–Crippen MR) is 81.7 cm³/mol. The number of tetrazole rings is 1. The second-order valence-electron chi connectivity index (χ2n) is 4.70. The van der Waals surface area contributed by atoms with Crippen LogP contribution in [-0.4, -0.2) is 31.9 Å². The van der Waals surface area contributed by atoms with Crippen LogP contribution in [0.15, 0.2) is 41.1 Å². The van der Waals surface area contributed by atoms with Gasteiger partial charge >= 0.3 is 0 Å². The van der Waals surface area contributed by atoms with E-state index in [1.165, 1.54) is 5.56 Å². The third-order valence-electron chi connectivity index (χ3n) is 3.13. The largest absolute Gasteiger partial charge is 0.387 e. The predicted octanol–water partition coefficient (Wildman–Crippen LogP) is 2.18. The minimum absolute atomic E-state index is 0.350. The zero-order valence-electron chi connectivity index (χ0n) is 11.5. The van der Waals surface area contributed by atoms with Gasteiger partial charge in [-0.1, -0.05) is 22.8 Å². The summed E-state index contributed by atoms with van der Waals surface area (Å²) in [7, 11) is 0. The zero-order chi connectivity index (χ0) is 14.7. The molecule has 0 spiro atoms. The highest BCUT2D eigenvalue weighted by Crippen LogP contribution is 2.17. The lowest BCUT2D eigenvalue weighted by atomic mass is 10.2. The normalized spacial score (nSPS) is 12.3. The molecule has 1 atom stereocenters. The van der Waals surface area contributed by atoms with E-state index in [1.54, 1.807) is 16.0 Å². The lowest BCUT2D eigenvalue weighted by molar-refractivity contribution is 0.192. The summed E-state index contributed by atoms with van der Waals surface area (Å²) >= 11 is 1.56. The molecule has 0 radical (unpaired) electrons. The van der Waals surface area contributed by atoms with E-state index in [2.05, 4.69) is 20.8 Å². The lowest BCUT2D eigenvalue weighted by Gasteiger charge is -2.11. The molecule has 6 nitrogen and oxygen atoms in total. The molecule has 3 rings (SSSR count).